The van der Waals surface area contributed by atoms with E-state index in [-0.39, 0.29) is 5.91 Å². The molecule has 0 bridgehead atoms. The van der Waals surface area contributed by atoms with Gasteiger partial charge >= 0.3 is 0 Å². The molecule has 8 heteroatoms. The molecular formula is C15H14N4O3S. The van der Waals surface area contributed by atoms with Gasteiger partial charge < -0.3 is 14.6 Å². The van der Waals surface area contributed by atoms with E-state index >= 15 is 0 Å². The first-order valence-corrected chi connectivity index (χ1v) is 7.75. The number of carbonyl (C=O) groups excluding carboxylic acids is 1. The number of ether oxygens (including phenoxy) is 1. The van der Waals surface area contributed by atoms with Gasteiger partial charge in [0, 0.05) is 17.9 Å². The van der Waals surface area contributed by atoms with Crippen LogP contribution in [-0.4, -0.2) is 28.1 Å². The predicted molar refractivity (Wildman–Crippen MR) is 83.5 cm³/mol. The number of rotatable bonds is 5. The lowest BCUT2D eigenvalue weighted by Crippen LogP contribution is -2.30. The quantitative estimate of drug-likeness (QED) is 0.772. The van der Waals surface area contributed by atoms with Crippen molar-refractivity contribution in [3.8, 4) is 5.75 Å². The summed E-state index contributed by atoms with van der Waals surface area (Å²) in [4.78, 5) is 20.6. The molecule has 1 amide bonds. The molecule has 1 N–H and O–H groups in total. The lowest BCUT2D eigenvalue weighted by Gasteiger charge is -2.18. The first-order valence-electron chi connectivity index (χ1n) is 6.81. The molecule has 2 heterocycles. The van der Waals surface area contributed by atoms with E-state index in [0.29, 0.717) is 23.2 Å². The maximum absolute atomic E-state index is 12.4. The number of thiazole rings is 1. The number of methoxy groups -OCH3 is 1. The van der Waals surface area contributed by atoms with E-state index in [4.69, 9.17) is 9.26 Å². The molecule has 0 aliphatic heterocycles. The van der Waals surface area contributed by atoms with Gasteiger partial charge in [-0.2, -0.15) is 4.98 Å². The number of benzene rings is 1. The molecule has 0 spiro atoms. The van der Waals surface area contributed by atoms with E-state index < -0.39 is 6.04 Å². The van der Waals surface area contributed by atoms with Gasteiger partial charge in [0.2, 0.25) is 5.89 Å². The summed E-state index contributed by atoms with van der Waals surface area (Å²) in [5.74, 6) is 1.08. The summed E-state index contributed by atoms with van der Waals surface area (Å²) in [7, 11) is 1.57. The van der Waals surface area contributed by atoms with Crippen LogP contribution in [0.1, 0.15) is 33.8 Å². The number of amides is 1. The Morgan fingerprint density at radius 3 is 2.87 bits per heavy atom. The number of hydrogen-bond donors (Lipinski definition) is 1. The number of aromatic nitrogens is 3. The van der Waals surface area contributed by atoms with E-state index in [1.165, 1.54) is 11.3 Å². The molecule has 0 saturated carbocycles. The number of nitrogens with zero attached hydrogens (tertiary/aromatic N) is 3. The highest BCUT2D eigenvalue weighted by Gasteiger charge is 2.25. The Kier molecular flexibility index (Phi) is 4.33. The van der Waals surface area contributed by atoms with Crippen molar-refractivity contribution in [1.82, 2.24) is 20.4 Å². The molecular weight excluding hydrogens is 316 g/mol. The lowest BCUT2D eigenvalue weighted by atomic mass is 10.0. The molecule has 1 atom stereocenters. The van der Waals surface area contributed by atoms with Crippen LogP contribution in [0.4, 0.5) is 0 Å². The molecule has 7 nitrogen and oxygen atoms in total. The van der Waals surface area contributed by atoms with Gasteiger partial charge in [0.15, 0.2) is 5.82 Å². The zero-order chi connectivity index (χ0) is 16.2. The van der Waals surface area contributed by atoms with Crippen molar-refractivity contribution in [3.63, 3.8) is 0 Å². The van der Waals surface area contributed by atoms with Gasteiger partial charge in [-0.05, 0) is 6.07 Å². The van der Waals surface area contributed by atoms with E-state index in [1.54, 1.807) is 24.9 Å². The van der Waals surface area contributed by atoms with Crippen LogP contribution >= 0.6 is 11.3 Å². The molecule has 3 rings (SSSR count). The molecule has 0 radical (unpaired) electrons. The zero-order valence-electron chi connectivity index (χ0n) is 12.5. The number of hydrogen-bond acceptors (Lipinski definition) is 7. The molecule has 0 aliphatic carbocycles. The molecule has 0 aliphatic rings. The second-order valence-electron chi connectivity index (χ2n) is 4.69. The fraction of sp³-hybridized carbons (Fsp3) is 0.200. The highest BCUT2D eigenvalue weighted by atomic mass is 32.1. The monoisotopic (exact) mass is 330 g/mol. The van der Waals surface area contributed by atoms with Crippen molar-refractivity contribution >= 4 is 17.2 Å². The number of carbonyl (C=O) groups is 1. The van der Waals surface area contributed by atoms with Crippen molar-refractivity contribution in [1.29, 1.82) is 0 Å². The number of aryl methyl sites for hydroxylation is 1. The number of para-hydroxylation sites is 1. The van der Waals surface area contributed by atoms with Gasteiger partial charge in [-0.25, -0.2) is 4.98 Å². The molecule has 0 unspecified atom stereocenters. The Hall–Kier alpha value is -2.74. The van der Waals surface area contributed by atoms with E-state index in [2.05, 4.69) is 20.4 Å². The summed E-state index contributed by atoms with van der Waals surface area (Å²) in [6, 6.07) is 6.76. The van der Waals surface area contributed by atoms with Gasteiger partial charge in [-0.15, -0.1) is 11.3 Å². The van der Waals surface area contributed by atoms with Gasteiger partial charge in [0.1, 0.15) is 17.5 Å². The fourth-order valence-corrected chi connectivity index (χ4v) is 2.68. The van der Waals surface area contributed by atoms with Crippen LogP contribution < -0.4 is 10.1 Å². The van der Waals surface area contributed by atoms with E-state index in [9.17, 15) is 4.79 Å². The Bertz CT molecular complexity index is 801. The summed E-state index contributed by atoms with van der Waals surface area (Å²) in [6.45, 7) is 1.69. The molecule has 3 aromatic rings. The minimum absolute atomic E-state index is 0.315. The van der Waals surface area contributed by atoms with Crippen LogP contribution in [0.3, 0.4) is 0 Å². The summed E-state index contributed by atoms with van der Waals surface area (Å²) in [6.07, 6.45) is 0. The van der Waals surface area contributed by atoms with Crippen LogP contribution in [-0.2, 0) is 0 Å². The highest BCUT2D eigenvalue weighted by molar-refractivity contribution is 7.07. The largest absolute Gasteiger partial charge is 0.496 e. The molecule has 2 aromatic heterocycles. The van der Waals surface area contributed by atoms with Crippen LogP contribution in [0.15, 0.2) is 39.7 Å². The Morgan fingerprint density at radius 1 is 1.39 bits per heavy atom. The summed E-state index contributed by atoms with van der Waals surface area (Å²) < 4.78 is 10.4. The van der Waals surface area contributed by atoms with E-state index in [0.717, 1.165) is 5.56 Å². The first kappa shape index (κ1) is 15.2. The third-order valence-corrected chi connectivity index (χ3v) is 3.78. The van der Waals surface area contributed by atoms with Crippen LogP contribution in [0.5, 0.6) is 5.75 Å². The van der Waals surface area contributed by atoms with Crippen molar-refractivity contribution in [2.24, 2.45) is 0 Å². The van der Waals surface area contributed by atoms with Gasteiger partial charge in [-0.3, -0.25) is 4.79 Å². The van der Waals surface area contributed by atoms with Gasteiger partial charge in [-0.1, -0.05) is 23.4 Å². The van der Waals surface area contributed by atoms with Crippen molar-refractivity contribution in [2.75, 3.05) is 7.11 Å². The molecule has 0 saturated heterocycles. The Morgan fingerprint density at radius 2 is 2.22 bits per heavy atom. The SMILES string of the molecule is COc1ccccc1[C@H](NC(=O)c1cscn1)c1noc(C)n1. The second-order valence-corrected chi connectivity index (χ2v) is 5.41. The molecule has 23 heavy (non-hydrogen) atoms. The topological polar surface area (TPSA) is 90.1 Å². The normalized spacial score (nSPS) is 11.9. The predicted octanol–water partition coefficient (Wildman–Crippen LogP) is 2.36. The number of nitrogens with one attached hydrogen (secondary N) is 1. The van der Waals surface area contributed by atoms with Crippen LogP contribution in [0.25, 0.3) is 0 Å². The average Bonchev–Trinajstić information content (AvgIpc) is 3.24. The second kappa shape index (κ2) is 6.57. The Balaban J connectivity index is 1.99. The maximum Gasteiger partial charge on any atom is 0.271 e. The third-order valence-electron chi connectivity index (χ3n) is 3.19. The zero-order valence-corrected chi connectivity index (χ0v) is 13.3. The van der Waals surface area contributed by atoms with Gasteiger partial charge in [0.25, 0.3) is 5.91 Å². The van der Waals surface area contributed by atoms with Crippen LogP contribution in [0.2, 0.25) is 0 Å². The summed E-state index contributed by atoms with van der Waals surface area (Å²) in [5.41, 5.74) is 2.68. The summed E-state index contributed by atoms with van der Waals surface area (Å²) >= 11 is 1.35. The summed E-state index contributed by atoms with van der Waals surface area (Å²) in [5, 5.41) is 8.49. The average molecular weight is 330 g/mol. The fourth-order valence-electron chi connectivity index (χ4n) is 2.15. The smallest absolute Gasteiger partial charge is 0.271 e. The minimum atomic E-state index is -0.599. The van der Waals surface area contributed by atoms with E-state index in [1.807, 2.05) is 24.3 Å². The van der Waals surface area contributed by atoms with Crippen LogP contribution in [0, 0.1) is 6.92 Å². The maximum atomic E-state index is 12.4. The molecule has 0 fully saturated rings. The van der Waals surface area contributed by atoms with Gasteiger partial charge in [0.05, 0.1) is 12.6 Å². The lowest BCUT2D eigenvalue weighted by molar-refractivity contribution is 0.0936. The molecule has 1 aromatic carbocycles. The highest BCUT2D eigenvalue weighted by Crippen LogP contribution is 2.28. The standard InChI is InChI=1S/C15H14N4O3S/c1-9-17-14(19-22-9)13(10-5-3-4-6-12(10)21-2)18-15(20)11-7-23-8-16-11/h3-8,13H,1-2H3,(H,18,20)/t13-/m0/s1. The van der Waals surface area contributed by atoms with Crippen molar-refractivity contribution in [3.05, 3.63) is 58.1 Å². The first-order chi connectivity index (χ1) is 11.2. The third kappa shape index (κ3) is 3.21. The minimum Gasteiger partial charge on any atom is -0.496 e. The van der Waals surface area contributed by atoms with Crippen molar-refractivity contribution in [2.45, 2.75) is 13.0 Å². The Labute approximate surface area is 136 Å². The van der Waals surface area contributed by atoms with Crippen molar-refractivity contribution < 1.29 is 14.1 Å². The molecule has 118 valence electrons.